The minimum atomic E-state index is 0.255. The van der Waals surface area contributed by atoms with Gasteiger partial charge in [-0.2, -0.15) is 0 Å². The van der Waals surface area contributed by atoms with Crippen molar-refractivity contribution in [3.05, 3.63) is 0 Å². The van der Waals surface area contributed by atoms with Crippen LogP contribution in [0.25, 0.3) is 0 Å². The monoisotopic (exact) mass is 192 g/mol. The van der Waals surface area contributed by atoms with E-state index in [1.807, 2.05) is 0 Å². The molecule has 1 unspecified atom stereocenters. The first-order chi connectivity index (χ1) is 4.04. The van der Waals surface area contributed by atoms with Gasteiger partial charge in [0.05, 0.1) is 0 Å². The molecule has 0 aromatic rings. The lowest BCUT2D eigenvalue weighted by Crippen LogP contribution is -2.10. The van der Waals surface area contributed by atoms with Crippen LogP contribution in [0.2, 0.25) is 0 Å². The van der Waals surface area contributed by atoms with Crippen LogP contribution >= 0.6 is 15.9 Å². The summed E-state index contributed by atoms with van der Waals surface area (Å²) in [4.78, 5) is 10.9. The van der Waals surface area contributed by atoms with E-state index in [4.69, 9.17) is 0 Å². The van der Waals surface area contributed by atoms with Crippen molar-refractivity contribution >= 4 is 21.7 Å². The molecule has 0 fully saturated rings. The molecule has 0 saturated carbocycles. The maximum atomic E-state index is 10.5. The van der Waals surface area contributed by atoms with E-state index in [0.29, 0.717) is 17.2 Å². The zero-order valence-corrected chi connectivity index (χ0v) is 7.73. The Hall–Kier alpha value is 0.150. The molecule has 0 aliphatic rings. The van der Waals surface area contributed by atoms with E-state index >= 15 is 0 Å². The van der Waals surface area contributed by atoms with E-state index in [0.717, 1.165) is 0 Å². The van der Waals surface area contributed by atoms with Gasteiger partial charge >= 0.3 is 0 Å². The molecule has 0 amide bonds. The van der Waals surface area contributed by atoms with Gasteiger partial charge in [0.1, 0.15) is 5.78 Å². The summed E-state index contributed by atoms with van der Waals surface area (Å²) < 4.78 is 0. The first kappa shape index (κ1) is 9.15. The Balaban J connectivity index is 3.50. The SMILES string of the molecule is CC(=O)CC(Br)C(C)C. The highest BCUT2D eigenvalue weighted by Gasteiger charge is 2.10. The minimum absolute atomic E-state index is 0.255. The van der Waals surface area contributed by atoms with Crippen molar-refractivity contribution in [2.75, 3.05) is 0 Å². The summed E-state index contributed by atoms with van der Waals surface area (Å²) >= 11 is 3.42. The number of carbonyl (C=O) groups is 1. The van der Waals surface area contributed by atoms with Crippen molar-refractivity contribution in [1.82, 2.24) is 0 Å². The molecular weight excluding hydrogens is 180 g/mol. The predicted octanol–water partition coefficient (Wildman–Crippen LogP) is 2.39. The minimum Gasteiger partial charge on any atom is -0.300 e. The second kappa shape index (κ2) is 4.04. The Bertz CT molecular complexity index is 99.1. The molecule has 2 heteroatoms. The number of hydrogen-bond acceptors (Lipinski definition) is 1. The topological polar surface area (TPSA) is 17.1 Å². The van der Waals surface area contributed by atoms with Crippen LogP contribution in [0, 0.1) is 5.92 Å². The molecule has 0 heterocycles. The average molecular weight is 193 g/mol. The van der Waals surface area contributed by atoms with Gasteiger partial charge in [0, 0.05) is 11.2 Å². The lowest BCUT2D eigenvalue weighted by molar-refractivity contribution is -0.117. The summed E-state index contributed by atoms with van der Waals surface area (Å²) in [6.07, 6.45) is 0.650. The van der Waals surface area contributed by atoms with Crippen LogP contribution in [-0.4, -0.2) is 10.6 Å². The zero-order chi connectivity index (χ0) is 7.44. The molecule has 0 N–H and O–H groups in total. The van der Waals surface area contributed by atoms with Crippen molar-refractivity contribution in [2.24, 2.45) is 5.92 Å². The fourth-order valence-corrected chi connectivity index (χ4v) is 0.966. The second-order valence-corrected chi connectivity index (χ2v) is 3.84. The Morgan fingerprint density at radius 1 is 1.56 bits per heavy atom. The van der Waals surface area contributed by atoms with E-state index in [9.17, 15) is 4.79 Å². The Labute approximate surface area is 65.0 Å². The number of halogens is 1. The summed E-state index contributed by atoms with van der Waals surface area (Å²) in [6.45, 7) is 5.82. The van der Waals surface area contributed by atoms with Gasteiger partial charge in [0.2, 0.25) is 0 Å². The molecule has 0 aromatic heterocycles. The van der Waals surface area contributed by atoms with Gasteiger partial charge in [-0.15, -0.1) is 0 Å². The molecule has 1 atom stereocenters. The Morgan fingerprint density at radius 3 is 2.11 bits per heavy atom. The van der Waals surface area contributed by atoms with Gasteiger partial charge in [0.15, 0.2) is 0 Å². The van der Waals surface area contributed by atoms with Crippen molar-refractivity contribution in [3.8, 4) is 0 Å². The van der Waals surface area contributed by atoms with Gasteiger partial charge < -0.3 is 0 Å². The van der Waals surface area contributed by atoms with Gasteiger partial charge in [-0.3, -0.25) is 4.79 Å². The lowest BCUT2D eigenvalue weighted by Gasteiger charge is -2.10. The summed E-state index contributed by atoms with van der Waals surface area (Å²) in [5.74, 6) is 0.805. The van der Waals surface area contributed by atoms with Crippen molar-refractivity contribution in [3.63, 3.8) is 0 Å². The normalized spacial score (nSPS) is 13.9. The molecule has 0 aliphatic carbocycles. The molecule has 0 aromatic carbocycles. The maximum absolute atomic E-state index is 10.5. The molecular formula is C7H13BrO. The van der Waals surface area contributed by atoms with E-state index in [1.54, 1.807) is 6.92 Å². The van der Waals surface area contributed by atoms with Crippen molar-refractivity contribution in [2.45, 2.75) is 32.0 Å². The molecule has 9 heavy (non-hydrogen) atoms. The number of ketones is 1. The summed E-state index contributed by atoms with van der Waals surface area (Å²) in [5.41, 5.74) is 0. The van der Waals surface area contributed by atoms with Gasteiger partial charge in [0.25, 0.3) is 0 Å². The lowest BCUT2D eigenvalue weighted by atomic mass is 10.1. The summed E-state index contributed by atoms with van der Waals surface area (Å²) in [5, 5.41) is 0. The van der Waals surface area contributed by atoms with Gasteiger partial charge in [-0.25, -0.2) is 0 Å². The fraction of sp³-hybridized carbons (Fsp3) is 0.857. The summed E-state index contributed by atoms with van der Waals surface area (Å²) in [7, 11) is 0. The van der Waals surface area contributed by atoms with Gasteiger partial charge in [-0.05, 0) is 12.8 Å². The van der Waals surface area contributed by atoms with E-state index in [2.05, 4.69) is 29.8 Å². The van der Waals surface area contributed by atoms with Crippen LogP contribution in [-0.2, 0) is 4.79 Å². The maximum Gasteiger partial charge on any atom is 0.130 e. The molecule has 54 valence electrons. The number of hydrogen-bond donors (Lipinski definition) is 0. The largest absolute Gasteiger partial charge is 0.300 e. The molecule has 0 spiro atoms. The van der Waals surface area contributed by atoms with Crippen molar-refractivity contribution in [1.29, 1.82) is 0 Å². The van der Waals surface area contributed by atoms with Crippen LogP contribution in [0.15, 0.2) is 0 Å². The van der Waals surface area contributed by atoms with Crippen molar-refractivity contribution < 1.29 is 4.79 Å². The zero-order valence-electron chi connectivity index (χ0n) is 6.15. The van der Waals surface area contributed by atoms with Crippen LogP contribution in [0.4, 0.5) is 0 Å². The highest BCUT2D eigenvalue weighted by atomic mass is 79.9. The van der Waals surface area contributed by atoms with Crippen LogP contribution < -0.4 is 0 Å². The smallest absolute Gasteiger partial charge is 0.130 e. The van der Waals surface area contributed by atoms with Crippen LogP contribution in [0.3, 0.4) is 0 Å². The highest BCUT2D eigenvalue weighted by Crippen LogP contribution is 2.15. The first-order valence-electron chi connectivity index (χ1n) is 3.17. The average Bonchev–Trinajstić information content (AvgIpc) is 1.63. The standard InChI is InChI=1S/C7H13BrO/c1-5(2)7(8)4-6(3)9/h5,7H,4H2,1-3H3. The van der Waals surface area contributed by atoms with E-state index in [1.165, 1.54) is 0 Å². The van der Waals surface area contributed by atoms with E-state index < -0.39 is 0 Å². The quantitative estimate of drug-likeness (QED) is 0.629. The number of rotatable bonds is 3. The number of carbonyl (C=O) groups excluding carboxylic acids is 1. The van der Waals surface area contributed by atoms with Gasteiger partial charge in [-0.1, -0.05) is 29.8 Å². The van der Waals surface area contributed by atoms with Crippen LogP contribution in [0.1, 0.15) is 27.2 Å². The third-order valence-corrected chi connectivity index (χ3v) is 2.59. The number of alkyl halides is 1. The molecule has 0 aliphatic heterocycles. The molecule has 0 radical (unpaired) electrons. The van der Waals surface area contributed by atoms with E-state index in [-0.39, 0.29) is 5.78 Å². The highest BCUT2D eigenvalue weighted by molar-refractivity contribution is 9.09. The second-order valence-electron chi connectivity index (χ2n) is 2.67. The molecule has 0 rings (SSSR count). The van der Waals surface area contributed by atoms with Crippen LogP contribution in [0.5, 0.6) is 0 Å². The predicted molar refractivity (Wildman–Crippen MR) is 42.9 cm³/mol. The molecule has 0 bridgehead atoms. The molecule has 1 nitrogen and oxygen atoms in total. The number of Topliss-reactive ketones (excluding diaryl/α,β-unsaturated/α-hetero) is 1. The molecule has 0 saturated heterocycles. The third-order valence-electron chi connectivity index (χ3n) is 1.21. The third kappa shape index (κ3) is 4.64. The Morgan fingerprint density at radius 2 is 2.00 bits per heavy atom. The Kier molecular flexibility index (Phi) is 4.11. The fourth-order valence-electron chi connectivity index (χ4n) is 0.510. The summed E-state index contributed by atoms with van der Waals surface area (Å²) in [6, 6.07) is 0. The first-order valence-corrected chi connectivity index (χ1v) is 4.09.